The van der Waals surface area contributed by atoms with Crippen molar-refractivity contribution in [1.82, 2.24) is 5.32 Å². The lowest BCUT2D eigenvalue weighted by Crippen LogP contribution is -2.43. The number of allylic oxidation sites excluding steroid dienone is 16. The van der Waals surface area contributed by atoms with Crippen LogP contribution in [0.2, 0.25) is 0 Å². The van der Waals surface area contributed by atoms with Gasteiger partial charge in [-0.05, 0) is 98.6 Å². The number of aryl methyl sites for hydroxylation is 1. The van der Waals surface area contributed by atoms with E-state index in [4.69, 9.17) is 0 Å². The molecule has 0 aromatic heterocycles. The van der Waals surface area contributed by atoms with E-state index >= 15 is 0 Å². The van der Waals surface area contributed by atoms with E-state index < -0.39 is 0 Å². The van der Waals surface area contributed by atoms with E-state index in [2.05, 4.69) is 158 Å². The molecule has 7 aliphatic rings. The summed E-state index contributed by atoms with van der Waals surface area (Å²) in [4.78, 5) is 0. The van der Waals surface area contributed by atoms with Crippen molar-refractivity contribution in [3.8, 4) is 0 Å². The summed E-state index contributed by atoms with van der Waals surface area (Å²) in [7, 11) is 0. The van der Waals surface area contributed by atoms with Crippen LogP contribution in [0.5, 0.6) is 0 Å². The third-order valence-corrected chi connectivity index (χ3v) is 11.2. The third-order valence-electron chi connectivity index (χ3n) is 11.2. The molecule has 2 aromatic rings. The van der Waals surface area contributed by atoms with Crippen molar-refractivity contribution in [1.29, 1.82) is 0 Å². The highest BCUT2D eigenvalue weighted by molar-refractivity contribution is 5.94. The summed E-state index contributed by atoms with van der Waals surface area (Å²) in [5.41, 5.74) is 11.5. The highest BCUT2D eigenvalue weighted by atomic mass is 14.9. The van der Waals surface area contributed by atoms with Crippen molar-refractivity contribution in [3.05, 3.63) is 189 Å². The first-order chi connectivity index (χ1) is 23.2. The van der Waals surface area contributed by atoms with Gasteiger partial charge in [0.2, 0.25) is 0 Å². The Hall–Kier alpha value is -4.88. The number of rotatable bonds is 4. The Labute approximate surface area is 278 Å². The van der Waals surface area contributed by atoms with Gasteiger partial charge in [-0.1, -0.05) is 140 Å². The molecule has 9 rings (SSSR count). The van der Waals surface area contributed by atoms with Gasteiger partial charge >= 0.3 is 0 Å². The van der Waals surface area contributed by atoms with E-state index in [9.17, 15) is 0 Å². The molecule has 2 aromatic carbocycles. The Morgan fingerprint density at radius 2 is 1.34 bits per heavy atom. The van der Waals surface area contributed by atoms with Gasteiger partial charge in [-0.2, -0.15) is 0 Å². The maximum Gasteiger partial charge on any atom is 0.0698 e. The van der Waals surface area contributed by atoms with Crippen LogP contribution in [0.4, 0.5) is 0 Å². The van der Waals surface area contributed by atoms with Gasteiger partial charge in [0.25, 0.3) is 0 Å². The van der Waals surface area contributed by atoms with Crippen LogP contribution in [0.15, 0.2) is 162 Å². The smallest absolute Gasteiger partial charge is 0.0698 e. The first-order valence-electron chi connectivity index (χ1n) is 17.5. The van der Waals surface area contributed by atoms with E-state index in [0.29, 0.717) is 23.7 Å². The molecule has 0 radical (unpaired) electrons. The van der Waals surface area contributed by atoms with Gasteiger partial charge in [0, 0.05) is 29.4 Å². The fourth-order valence-corrected chi connectivity index (χ4v) is 8.93. The number of benzene rings is 2. The summed E-state index contributed by atoms with van der Waals surface area (Å²) >= 11 is 0. The van der Waals surface area contributed by atoms with Crippen molar-refractivity contribution in [2.75, 3.05) is 0 Å². The molecule has 1 nitrogen and oxygen atoms in total. The van der Waals surface area contributed by atoms with Gasteiger partial charge in [-0.25, -0.2) is 0 Å². The topological polar surface area (TPSA) is 12.0 Å². The van der Waals surface area contributed by atoms with Crippen LogP contribution >= 0.6 is 0 Å². The Bertz CT molecular complexity index is 2250. The fourth-order valence-electron chi connectivity index (χ4n) is 8.93. The average Bonchev–Trinajstić information content (AvgIpc) is 3.14. The molecule has 5 atom stereocenters. The summed E-state index contributed by atoms with van der Waals surface area (Å²) in [6.07, 6.45) is 43.9. The van der Waals surface area contributed by atoms with Crippen LogP contribution in [0.25, 0.3) is 22.8 Å². The lowest BCUT2D eigenvalue weighted by molar-refractivity contribution is 0.637. The van der Waals surface area contributed by atoms with Gasteiger partial charge < -0.3 is 5.32 Å². The molecule has 0 saturated carbocycles. The predicted octanol–water partition coefficient (Wildman–Crippen LogP) is 7.01. The number of nitrogens with one attached hydrogen (secondary N) is 1. The molecular formula is C46H41N. The second-order valence-electron chi connectivity index (χ2n) is 13.9. The molecule has 0 fully saturated rings. The molecule has 0 saturated heterocycles. The van der Waals surface area contributed by atoms with Crippen LogP contribution in [-0.4, -0.2) is 6.04 Å². The number of hydrogen-bond acceptors (Lipinski definition) is 1. The minimum atomic E-state index is 0.204. The second kappa shape index (κ2) is 11.7. The SMILES string of the molecule is Cc1cccc2c1=CCCC=2C1=c2ccccc2=C(C2=CC=C(C3=CC=CC(C4=CC5C=CC=CC5C=C4)N3)CC2)C2C=CC=CC12. The summed E-state index contributed by atoms with van der Waals surface area (Å²) in [5, 5.41) is 9.58. The lowest BCUT2D eigenvalue weighted by Gasteiger charge is -2.36. The molecule has 1 heterocycles. The Morgan fingerprint density at radius 1 is 0.617 bits per heavy atom. The Morgan fingerprint density at radius 3 is 2.17 bits per heavy atom. The predicted molar refractivity (Wildman–Crippen MR) is 197 cm³/mol. The maximum absolute atomic E-state index is 3.88. The summed E-state index contributed by atoms with van der Waals surface area (Å²) in [5.74, 6) is 1.63. The van der Waals surface area contributed by atoms with E-state index in [1.54, 1.807) is 5.57 Å². The molecule has 0 bridgehead atoms. The first-order valence-corrected chi connectivity index (χ1v) is 17.5. The van der Waals surface area contributed by atoms with Crippen molar-refractivity contribution < 1.29 is 0 Å². The zero-order valence-electron chi connectivity index (χ0n) is 27.1. The number of hydrogen-bond donors (Lipinski definition) is 1. The third kappa shape index (κ3) is 4.92. The van der Waals surface area contributed by atoms with Crippen LogP contribution in [0, 0.1) is 30.6 Å². The van der Waals surface area contributed by atoms with Gasteiger partial charge in [0.05, 0.1) is 6.04 Å². The fraction of sp³-hybridized carbons (Fsp3) is 0.217. The molecule has 230 valence electrons. The zero-order chi connectivity index (χ0) is 31.3. The van der Waals surface area contributed by atoms with Gasteiger partial charge in [0.15, 0.2) is 0 Å². The lowest BCUT2D eigenvalue weighted by atomic mass is 9.68. The van der Waals surface area contributed by atoms with Crippen LogP contribution < -0.4 is 26.2 Å². The van der Waals surface area contributed by atoms with Crippen molar-refractivity contribution in [3.63, 3.8) is 0 Å². The van der Waals surface area contributed by atoms with E-state index in [-0.39, 0.29) is 6.04 Å². The van der Waals surface area contributed by atoms with Gasteiger partial charge in [-0.3, -0.25) is 0 Å². The first kappa shape index (κ1) is 28.4. The highest BCUT2D eigenvalue weighted by Crippen LogP contribution is 2.43. The summed E-state index contributed by atoms with van der Waals surface area (Å²) in [6.45, 7) is 2.26. The standard InChI is InChI=1S/C46H41N/c1-30-11-8-19-37-36(30)18-9-20-38(37)46-41-16-6-4-14-39(41)45(40-15-5-7-17-42(40)46)33-26-24-32(25-27-33)43-21-10-22-44(47-43)35-28-23-31-12-2-3-13-34(31)29-35/h2-8,10-19,21-24,26,28-29,31,34,39,41,44,47H,9,20,25,27H2,1H3. The molecule has 5 unspecified atom stereocenters. The molecule has 1 N–H and O–H groups in total. The van der Waals surface area contributed by atoms with Crippen molar-refractivity contribution >= 4 is 22.8 Å². The van der Waals surface area contributed by atoms with Gasteiger partial charge in [-0.15, -0.1) is 0 Å². The normalized spacial score (nSPS) is 28.2. The number of fused-ring (bicyclic) bond motifs is 4. The highest BCUT2D eigenvalue weighted by Gasteiger charge is 2.34. The molecule has 0 spiro atoms. The molecule has 6 aliphatic carbocycles. The monoisotopic (exact) mass is 607 g/mol. The van der Waals surface area contributed by atoms with Crippen molar-refractivity contribution in [2.45, 2.75) is 38.6 Å². The minimum Gasteiger partial charge on any atom is -0.375 e. The van der Waals surface area contributed by atoms with E-state index in [0.717, 1.165) is 25.7 Å². The van der Waals surface area contributed by atoms with E-state index in [1.165, 1.54) is 60.0 Å². The number of dihydropyridines is 1. The average molecular weight is 608 g/mol. The summed E-state index contributed by atoms with van der Waals surface area (Å²) < 4.78 is 0. The quantitative estimate of drug-likeness (QED) is 0.395. The van der Waals surface area contributed by atoms with Crippen LogP contribution in [0.1, 0.15) is 31.2 Å². The molecule has 1 heteroatoms. The minimum absolute atomic E-state index is 0.204. The largest absolute Gasteiger partial charge is 0.375 e. The van der Waals surface area contributed by atoms with Crippen molar-refractivity contribution in [2.24, 2.45) is 23.7 Å². The Balaban J connectivity index is 1.11. The second-order valence-corrected chi connectivity index (χ2v) is 13.9. The molecule has 0 amide bonds. The maximum atomic E-state index is 3.88. The van der Waals surface area contributed by atoms with Crippen LogP contribution in [-0.2, 0) is 0 Å². The molecule has 1 aliphatic heterocycles. The van der Waals surface area contributed by atoms with Crippen LogP contribution in [0.3, 0.4) is 0 Å². The molecular weight excluding hydrogens is 567 g/mol. The van der Waals surface area contributed by atoms with Gasteiger partial charge in [0.1, 0.15) is 0 Å². The Kier molecular flexibility index (Phi) is 7.08. The molecule has 47 heavy (non-hydrogen) atoms. The van der Waals surface area contributed by atoms with E-state index in [1.807, 2.05) is 0 Å². The zero-order valence-corrected chi connectivity index (χ0v) is 27.1. The summed E-state index contributed by atoms with van der Waals surface area (Å²) in [6, 6.07) is 16.3.